The molecule has 1 aromatic heterocycles. The second kappa shape index (κ2) is 4.14. The highest BCUT2D eigenvalue weighted by Gasteiger charge is 2.18. The normalized spacial score (nSPS) is 10.1. The topological polar surface area (TPSA) is 76.2 Å². The van der Waals surface area contributed by atoms with Crippen molar-refractivity contribution in [1.82, 2.24) is 10.4 Å². The van der Waals surface area contributed by atoms with Crippen LogP contribution in [0.5, 0.6) is 0 Å². The van der Waals surface area contributed by atoms with Gasteiger partial charge in [-0.3, -0.25) is 0 Å². The Morgan fingerprint density at radius 2 is 2.07 bits per heavy atom. The maximum Gasteiger partial charge on any atom is 0.377 e. The van der Waals surface area contributed by atoms with Crippen molar-refractivity contribution in [3.05, 3.63) is 36.1 Å². The van der Waals surface area contributed by atoms with Crippen LogP contribution in [-0.2, 0) is 0 Å². The Labute approximate surface area is 89.1 Å². The predicted octanol–water partition coefficient (Wildman–Crippen LogP) is 1.92. The van der Waals surface area contributed by atoms with Gasteiger partial charge in [0.25, 0.3) is 5.76 Å². The molecular formula is C9H6N2O3S. The molecule has 0 bridgehead atoms. The number of aromatic carboxylic acids is 1. The maximum absolute atomic E-state index is 10.7. The van der Waals surface area contributed by atoms with Crippen molar-refractivity contribution >= 4 is 17.7 Å². The molecule has 0 fully saturated rings. The Hall–Kier alpha value is -1.82. The minimum Gasteiger partial charge on any atom is -0.475 e. The van der Waals surface area contributed by atoms with Crippen molar-refractivity contribution < 1.29 is 14.4 Å². The zero-order chi connectivity index (χ0) is 10.7. The van der Waals surface area contributed by atoms with Crippen molar-refractivity contribution in [1.29, 1.82) is 0 Å². The first-order valence-electron chi connectivity index (χ1n) is 4.06. The highest BCUT2D eigenvalue weighted by molar-refractivity contribution is 7.99. The van der Waals surface area contributed by atoms with E-state index in [2.05, 4.69) is 14.9 Å². The average molecular weight is 222 g/mol. The largest absolute Gasteiger partial charge is 0.475 e. The van der Waals surface area contributed by atoms with Gasteiger partial charge in [0.15, 0.2) is 5.03 Å². The van der Waals surface area contributed by atoms with E-state index >= 15 is 0 Å². The maximum atomic E-state index is 10.7. The highest BCUT2D eigenvalue weighted by atomic mass is 32.2. The summed E-state index contributed by atoms with van der Waals surface area (Å²) in [7, 11) is 0. The molecule has 0 amide bonds. The van der Waals surface area contributed by atoms with Crippen LogP contribution >= 0.6 is 11.8 Å². The fourth-order valence-electron chi connectivity index (χ4n) is 0.980. The molecule has 15 heavy (non-hydrogen) atoms. The van der Waals surface area contributed by atoms with E-state index in [4.69, 9.17) is 5.11 Å². The number of hydrogen-bond acceptors (Lipinski definition) is 5. The van der Waals surface area contributed by atoms with E-state index in [1.54, 1.807) is 0 Å². The lowest BCUT2D eigenvalue weighted by molar-refractivity contribution is 0.0646. The van der Waals surface area contributed by atoms with Crippen LogP contribution < -0.4 is 0 Å². The zero-order valence-corrected chi connectivity index (χ0v) is 8.27. The molecule has 76 valence electrons. The van der Waals surface area contributed by atoms with Gasteiger partial charge in [-0.1, -0.05) is 30.0 Å². The zero-order valence-electron chi connectivity index (χ0n) is 7.45. The molecule has 0 unspecified atom stereocenters. The van der Waals surface area contributed by atoms with Gasteiger partial charge in [0.1, 0.15) is 0 Å². The van der Waals surface area contributed by atoms with Crippen molar-refractivity contribution in [2.24, 2.45) is 0 Å². The summed E-state index contributed by atoms with van der Waals surface area (Å²) < 4.78 is 4.52. The molecular weight excluding hydrogens is 216 g/mol. The smallest absolute Gasteiger partial charge is 0.377 e. The molecule has 0 saturated heterocycles. The number of benzene rings is 1. The summed E-state index contributed by atoms with van der Waals surface area (Å²) in [6.07, 6.45) is 0. The molecule has 1 heterocycles. The standard InChI is InChI=1S/C9H6N2O3S/c12-9(13)7-8(10-11-14-7)15-6-4-2-1-3-5-6/h1-5H,(H,12,13). The summed E-state index contributed by atoms with van der Waals surface area (Å²) in [5, 5.41) is 15.8. The van der Waals surface area contributed by atoms with Gasteiger partial charge in [-0.05, 0) is 12.1 Å². The number of carboxylic acids is 1. The second-order valence-corrected chi connectivity index (χ2v) is 3.69. The Balaban J connectivity index is 2.25. The number of carboxylic acid groups (broad SMARTS) is 1. The monoisotopic (exact) mass is 222 g/mol. The molecule has 5 nitrogen and oxygen atoms in total. The van der Waals surface area contributed by atoms with E-state index in [9.17, 15) is 4.79 Å². The molecule has 0 atom stereocenters. The average Bonchev–Trinajstić information content (AvgIpc) is 2.67. The first kappa shape index (κ1) is 9.72. The summed E-state index contributed by atoms with van der Waals surface area (Å²) in [6.45, 7) is 0. The molecule has 0 radical (unpaired) electrons. The van der Waals surface area contributed by atoms with Gasteiger partial charge in [-0.2, -0.15) is 0 Å². The van der Waals surface area contributed by atoms with E-state index < -0.39 is 5.97 Å². The summed E-state index contributed by atoms with van der Waals surface area (Å²) in [5.41, 5.74) is 0. The Kier molecular flexibility index (Phi) is 2.68. The summed E-state index contributed by atoms with van der Waals surface area (Å²) >= 11 is 1.20. The number of carbonyl (C=O) groups is 1. The second-order valence-electron chi connectivity index (χ2n) is 2.63. The third-order valence-electron chi connectivity index (χ3n) is 1.61. The van der Waals surface area contributed by atoms with E-state index in [1.165, 1.54) is 11.8 Å². The Morgan fingerprint density at radius 1 is 1.33 bits per heavy atom. The van der Waals surface area contributed by atoms with Crippen LogP contribution in [0.1, 0.15) is 10.6 Å². The van der Waals surface area contributed by atoms with Crippen LogP contribution in [0.2, 0.25) is 0 Å². The molecule has 0 saturated carbocycles. The first-order chi connectivity index (χ1) is 7.27. The van der Waals surface area contributed by atoms with Gasteiger partial charge < -0.3 is 9.63 Å². The molecule has 1 N–H and O–H groups in total. The lowest BCUT2D eigenvalue weighted by Crippen LogP contribution is -1.95. The molecule has 2 rings (SSSR count). The summed E-state index contributed by atoms with van der Waals surface area (Å²) in [4.78, 5) is 11.6. The number of rotatable bonds is 3. The van der Waals surface area contributed by atoms with Gasteiger partial charge in [-0.15, -0.1) is 5.10 Å². The van der Waals surface area contributed by atoms with E-state index in [0.717, 1.165) is 4.90 Å². The van der Waals surface area contributed by atoms with E-state index in [0.29, 0.717) is 0 Å². The lowest BCUT2D eigenvalue weighted by Gasteiger charge is -1.95. The molecule has 2 aromatic rings. The van der Waals surface area contributed by atoms with E-state index in [-0.39, 0.29) is 10.8 Å². The van der Waals surface area contributed by atoms with Gasteiger partial charge in [-0.25, -0.2) is 4.79 Å². The van der Waals surface area contributed by atoms with Crippen molar-refractivity contribution in [2.75, 3.05) is 0 Å². The first-order valence-corrected chi connectivity index (χ1v) is 4.87. The van der Waals surface area contributed by atoms with Gasteiger partial charge in [0, 0.05) is 10.2 Å². The molecule has 0 spiro atoms. The predicted molar refractivity (Wildman–Crippen MR) is 51.8 cm³/mol. The lowest BCUT2D eigenvalue weighted by atomic mass is 10.4. The fourth-order valence-corrected chi connectivity index (χ4v) is 1.79. The van der Waals surface area contributed by atoms with Crippen LogP contribution in [-0.4, -0.2) is 21.4 Å². The molecule has 0 aliphatic carbocycles. The number of aromatic nitrogens is 2. The van der Waals surface area contributed by atoms with Crippen LogP contribution in [0.4, 0.5) is 0 Å². The minimum atomic E-state index is -1.17. The highest BCUT2D eigenvalue weighted by Crippen LogP contribution is 2.27. The molecule has 1 aromatic carbocycles. The number of nitrogens with zero attached hydrogens (tertiary/aromatic N) is 2. The summed E-state index contributed by atoms with van der Waals surface area (Å²) in [5.74, 6) is -1.40. The SMILES string of the molecule is O=C(O)c1onnc1Sc1ccccc1. The van der Waals surface area contributed by atoms with Crippen LogP contribution in [0, 0.1) is 0 Å². The van der Waals surface area contributed by atoms with E-state index in [1.807, 2.05) is 30.3 Å². The molecule has 0 aliphatic rings. The van der Waals surface area contributed by atoms with Crippen molar-refractivity contribution in [3.8, 4) is 0 Å². The molecule has 6 heteroatoms. The van der Waals surface area contributed by atoms with Crippen LogP contribution in [0.15, 0.2) is 44.8 Å². The van der Waals surface area contributed by atoms with Gasteiger partial charge in [0.2, 0.25) is 0 Å². The van der Waals surface area contributed by atoms with Gasteiger partial charge >= 0.3 is 5.97 Å². The Morgan fingerprint density at radius 3 is 2.73 bits per heavy atom. The molecule has 0 aliphatic heterocycles. The van der Waals surface area contributed by atoms with Crippen molar-refractivity contribution in [3.63, 3.8) is 0 Å². The number of hydrogen-bond donors (Lipinski definition) is 1. The summed E-state index contributed by atoms with van der Waals surface area (Å²) in [6, 6.07) is 9.30. The minimum absolute atomic E-state index is 0.233. The third kappa shape index (κ3) is 2.16. The fraction of sp³-hybridized carbons (Fsp3) is 0. The van der Waals surface area contributed by atoms with Gasteiger partial charge in [0.05, 0.1) is 0 Å². The Bertz CT molecular complexity index is 469. The van der Waals surface area contributed by atoms with Crippen molar-refractivity contribution in [2.45, 2.75) is 9.92 Å². The quantitative estimate of drug-likeness (QED) is 0.854. The van der Waals surface area contributed by atoms with Crippen LogP contribution in [0.3, 0.4) is 0 Å². The van der Waals surface area contributed by atoms with Crippen LogP contribution in [0.25, 0.3) is 0 Å². The third-order valence-corrected chi connectivity index (χ3v) is 2.58.